The van der Waals surface area contributed by atoms with Crippen LogP contribution in [0.4, 0.5) is 10.8 Å². The number of imide groups is 1. The van der Waals surface area contributed by atoms with Gasteiger partial charge in [-0.1, -0.05) is 24.7 Å². The first-order valence-corrected chi connectivity index (χ1v) is 10.7. The van der Waals surface area contributed by atoms with Gasteiger partial charge in [0, 0.05) is 24.7 Å². The lowest BCUT2D eigenvalue weighted by Crippen LogP contribution is -2.30. The molecule has 1 aliphatic rings. The van der Waals surface area contributed by atoms with Crippen molar-refractivity contribution in [2.45, 2.75) is 26.7 Å². The number of carbonyl (C=O) groups excluding carboxylic acids is 4. The van der Waals surface area contributed by atoms with E-state index >= 15 is 0 Å². The van der Waals surface area contributed by atoms with Crippen LogP contribution >= 0.6 is 11.3 Å². The molecule has 0 saturated heterocycles. The van der Waals surface area contributed by atoms with Gasteiger partial charge in [0.15, 0.2) is 5.13 Å². The summed E-state index contributed by atoms with van der Waals surface area (Å²) in [6, 6.07) is 9.78. The number of hydrogen-bond donors (Lipinski definition) is 2. The van der Waals surface area contributed by atoms with Gasteiger partial charge in [-0.05, 0) is 42.8 Å². The molecule has 1 aliphatic heterocycles. The normalized spacial score (nSPS) is 12.9. The van der Waals surface area contributed by atoms with Crippen LogP contribution in [0.5, 0.6) is 0 Å². The van der Waals surface area contributed by atoms with Crippen LogP contribution in [0.3, 0.4) is 0 Å². The van der Waals surface area contributed by atoms with E-state index in [0.717, 1.165) is 17.5 Å². The fourth-order valence-corrected chi connectivity index (χ4v) is 4.31. The van der Waals surface area contributed by atoms with Crippen molar-refractivity contribution < 1.29 is 19.2 Å². The maximum Gasteiger partial charge on any atom is 0.261 e. The number of thiazole rings is 1. The SMILES string of the molecule is CCCCN1C(=O)c2ccc(C(=O)Nc3ccc4nc(NC(C)=O)sc4c3)cc2C1=O. The summed E-state index contributed by atoms with van der Waals surface area (Å²) >= 11 is 1.30. The summed E-state index contributed by atoms with van der Waals surface area (Å²) in [6.07, 6.45) is 1.61. The predicted molar refractivity (Wildman–Crippen MR) is 119 cm³/mol. The second-order valence-electron chi connectivity index (χ2n) is 7.21. The summed E-state index contributed by atoms with van der Waals surface area (Å²) in [5.74, 6) is -1.27. The van der Waals surface area contributed by atoms with Crippen molar-refractivity contribution in [3.05, 3.63) is 53.1 Å². The van der Waals surface area contributed by atoms with Crippen molar-refractivity contribution >= 4 is 56.0 Å². The van der Waals surface area contributed by atoms with Gasteiger partial charge in [0.25, 0.3) is 17.7 Å². The van der Waals surface area contributed by atoms with Gasteiger partial charge in [-0.3, -0.25) is 24.1 Å². The van der Waals surface area contributed by atoms with Crippen LogP contribution in [-0.4, -0.2) is 40.1 Å². The Morgan fingerprint density at radius 1 is 1.03 bits per heavy atom. The molecule has 0 aliphatic carbocycles. The lowest BCUT2D eigenvalue weighted by Gasteiger charge is -2.12. The van der Waals surface area contributed by atoms with E-state index in [0.29, 0.717) is 34.0 Å². The Morgan fingerprint density at radius 3 is 2.55 bits per heavy atom. The Labute approximate surface area is 182 Å². The van der Waals surface area contributed by atoms with Gasteiger partial charge in [0.1, 0.15) is 0 Å². The average Bonchev–Trinajstić information content (AvgIpc) is 3.23. The molecule has 4 rings (SSSR count). The number of nitrogens with zero attached hydrogens (tertiary/aromatic N) is 2. The molecule has 31 heavy (non-hydrogen) atoms. The van der Waals surface area contributed by atoms with Crippen LogP contribution < -0.4 is 10.6 Å². The second-order valence-corrected chi connectivity index (χ2v) is 8.24. The van der Waals surface area contributed by atoms with Crippen LogP contribution in [0.1, 0.15) is 57.8 Å². The minimum absolute atomic E-state index is 0.203. The second kappa shape index (κ2) is 8.27. The summed E-state index contributed by atoms with van der Waals surface area (Å²) in [6.45, 7) is 3.78. The Bertz CT molecular complexity index is 1230. The summed E-state index contributed by atoms with van der Waals surface area (Å²) < 4.78 is 0.808. The standard InChI is InChI=1S/C22H20N4O4S/c1-3-4-9-26-20(29)15-7-5-13(10-16(15)21(26)30)19(28)24-14-6-8-17-18(11-14)31-22(25-17)23-12(2)27/h5-8,10-11H,3-4,9H2,1-2H3,(H,24,28)(H,23,25,27). The number of hydrogen-bond acceptors (Lipinski definition) is 6. The molecule has 2 aromatic carbocycles. The predicted octanol–water partition coefficient (Wildman–Crippen LogP) is 3.90. The fourth-order valence-electron chi connectivity index (χ4n) is 3.36. The molecule has 8 nitrogen and oxygen atoms in total. The minimum atomic E-state index is -0.388. The number of anilines is 2. The van der Waals surface area contributed by atoms with Crippen LogP contribution in [0.2, 0.25) is 0 Å². The highest BCUT2D eigenvalue weighted by Gasteiger charge is 2.35. The summed E-state index contributed by atoms with van der Waals surface area (Å²) in [5, 5.41) is 5.94. The van der Waals surface area contributed by atoms with Crippen LogP contribution in [0.15, 0.2) is 36.4 Å². The fraction of sp³-hybridized carbons (Fsp3) is 0.227. The number of nitrogens with one attached hydrogen (secondary N) is 2. The third-order valence-corrected chi connectivity index (χ3v) is 5.83. The van der Waals surface area contributed by atoms with E-state index in [1.54, 1.807) is 24.3 Å². The molecule has 0 bridgehead atoms. The third kappa shape index (κ3) is 4.04. The number of amides is 4. The van der Waals surface area contributed by atoms with E-state index < -0.39 is 0 Å². The van der Waals surface area contributed by atoms with E-state index in [9.17, 15) is 19.2 Å². The number of fused-ring (bicyclic) bond motifs is 2. The van der Waals surface area contributed by atoms with E-state index in [1.165, 1.54) is 35.3 Å². The first-order chi connectivity index (χ1) is 14.9. The monoisotopic (exact) mass is 436 g/mol. The Morgan fingerprint density at radius 2 is 1.81 bits per heavy atom. The van der Waals surface area contributed by atoms with Crippen molar-refractivity contribution in [2.75, 3.05) is 17.2 Å². The van der Waals surface area contributed by atoms with Crippen LogP contribution in [0, 0.1) is 0 Å². The Balaban J connectivity index is 1.53. The lowest BCUT2D eigenvalue weighted by atomic mass is 10.1. The molecule has 0 unspecified atom stereocenters. The van der Waals surface area contributed by atoms with Crippen LogP contribution in [0.25, 0.3) is 10.2 Å². The average molecular weight is 436 g/mol. The Kier molecular flexibility index (Phi) is 5.51. The number of rotatable bonds is 6. The van der Waals surface area contributed by atoms with Gasteiger partial charge in [-0.15, -0.1) is 0 Å². The van der Waals surface area contributed by atoms with E-state index in [1.807, 2.05) is 6.92 Å². The first-order valence-electron chi connectivity index (χ1n) is 9.87. The molecule has 4 amide bonds. The third-order valence-electron chi connectivity index (χ3n) is 4.90. The molecular formula is C22H20N4O4S. The first kappa shape index (κ1) is 20.7. The molecule has 0 fully saturated rings. The summed E-state index contributed by atoms with van der Waals surface area (Å²) in [7, 11) is 0. The molecule has 3 aromatic rings. The van der Waals surface area contributed by atoms with Crippen LogP contribution in [-0.2, 0) is 4.79 Å². The zero-order chi connectivity index (χ0) is 22.1. The highest BCUT2D eigenvalue weighted by molar-refractivity contribution is 7.22. The number of carbonyl (C=O) groups is 4. The summed E-state index contributed by atoms with van der Waals surface area (Å²) in [4.78, 5) is 54.6. The molecule has 0 atom stereocenters. The van der Waals surface area contributed by atoms with Gasteiger partial charge in [-0.25, -0.2) is 4.98 Å². The molecule has 1 aromatic heterocycles. The largest absolute Gasteiger partial charge is 0.322 e. The maximum absolute atomic E-state index is 12.8. The zero-order valence-corrected chi connectivity index (χ0v) is 17.8. The molecule has 2 heterocycles. The van der Waals surface area contributed by atoms with Crippen molar-refractivity contribution in [3.8, 4) is 0 Å². The number of aromatic nitrogens is 1. The van der Waals surface area contributed by atoms with Gasteiger partial charge in [0.05, 0.1) is 21.3 Å². The summed E-state index contributed by atoms with van der Waals surface area (Å²) in [5.41, 5.74) is 2.14. The molecular weight excluding hydrogens is 416 g/mol. The van der Waals surface area contributed by atoms with Crippen molar-refractivity contribution in [1.29, 1.82) is 0 Å². The van der Waals surface area contributed by atoms with Gasteiger partial charge >= 0.3 is 0 Å². The topological polar surface area (TPSA) is 108 Å². The minimum Gasteiger partial charge on any atom is -0.322 e. The number of unbranched alkanes of at least 4 members (excludes halogenated alkanes) is 1. The molecule has 0 spiro atoms. The van der Waals surface area contributed by atoms with E-state index in [2.05, 4.69) is 15.6 Å². The smallest absolute Gasteiger partial charge is 0.261 e. The molecule has 0 saturated carbocycles. The highest BCUT2D eigenvalue weighted by atomic mass is 32.1. The van der Waals surface area contributed by atoms with Crippen molar-refractivity contribution in [3.63, 3.8) is 0 Å². The highest BCUT2D eigenvalue weighted by Crippen LogP contribution is 2.29. The zero-order valence-electron chi connectivity index (χ0n) is 17.0. The maximum atomic E-state index is 12.8. The van der Waals surface area contributed by atoms with Gasteiger partial charge in [0.2, 0.25) is 5.91 Å². The van der Waals surface area contributed by atoms with Crippen molar-refractivity contribution in [1.82, 2.24) is 9.88 Å². The molecule has 2 N–H and O–H groups in total. The van der Waals surface area contributed by atoms with E-state index in [-0.39, 0.29) is 29.2 Å². The van der Waals surface area contributed by atoms with E-state index in [4.69, 9.17) is 0 Å². The lowest BCUT2D eigenvalue weighted by molar-refractivity contribution is -0.114. The van der Waals surface area contributed by atoms with Gasteiger partial charge < -0.3 is 10.6 Å². The van der Waals surface area contributed by atoms with Crippen molar-refractivity contribution in [2.24, 2.45) is 0 Å². The molecule has 0 radical (unpaired) electrons. The molecule has 9 heteroatoms. The Hall–Kier alpha value is -3.59. The van der Waals surface area contributed by atoms with Gasteiger partial charge in [-0.2, -0.15) is 0 Å². The number of benzene rings is 2. The quantitative estimate of drug-likeness (QED) is 0.570. The molecule has 158 valence electrons.